The minimum atomic E-state index is -1.79. The maximum absolute atomic E-state index is 13.1. The van der Waals surface area contributed by atoms with Crippen molar-refractivity contribution >= 4 is 5.91 Å². The molecule has 14 heteroatoms. The molecule has 0 aromatic carbocycles. The van der Waals surface area contributed by atoms with Crippen LogP contribution in [0.25, 0.3) is 0 Å². The largest absolute Gasteiger partial charge is 0.394 e. The third-order valence-corrected chi connectivity index (χ3v) is 11.5. The summed E-state index contributed by atoms with van der Waals surface area (Å²) in [4.78, 5) is 13.1. The zero-order chi connectivity index (χ0) is 45.4. The second-order valence-corrected chi connectivity index (χ2v) is 16.9. The molecule has 2 heterocycles. The summed E-state index contributed by atoms with van der Waals surface area (Å²) in [6.07, 6.45) is 23.0. The van der Waals surface area contributed by atoms with Crippen LogP contribution in [-0.2, 0) is 23.7 Å². The van der Waals surface area contributed by atoms with Crippen LogP contribution < -0.4 is 5.32 Å². The molecule has 2 rings (SSSR count). The van der Waals surface area contributed by atoms with Crippen molar-refractivity contribution in [3.05, 3.63) is 48.6 Å². The van der Waals surface area contributed by atoms with E-state index in [1.54, 1.807) is 6.08 Å². The van der Waals surface area contributed by atoms with Crippen LogP contribution in [0.15, 0.2) is 48.6 Å². The van der Waals surface area contributed by atoms with Crippen LogP contribution in [0.5, 0.6) is 0 Å². The molecule has 9 N–H and O–H groups in total. The monoisotopic (exact) mass is 884 g/mol. The number of rotatable bonds is 35. The third kappa shape index (κ3) is 22.7. The van der Waals surface area contributed by atoms with E-state index in [9.17, 15) is 45.6 Å². The lowest BCUT2D eigenvalue weighted by Crippen LogP contribution is -2.65. The van der Waals surface area contributed by atoms with Crippen molar-refractivity contribution < 1.29 is 64.6 Å². The molecule has 2 saturated heterocycles. The van der Waals surface area contributed by atoms with Crippen molar-refractivity contribution in [1.82, 2.24) is 5.32 Å². The highest BCUT2D eigenvalue weighted by molar-refractivity contribution is 5.76. The second-order valence-electron chi connectivity index (χ2n) is 16.9. The van der Waals surface area contributed by atoms with Crippen LogP contribution in [0.3, 0.4) is 0 Å². The van der Waals surface area contributed by atoms with Crippen LogP contribution in [0.4, 0.5) is 0 Å². The highest BCUT2D eigenvalue weighted by Crippen LogP contribution is 2.30. The van der Waals surface area contributed by atoms with Gasteiger partial charge in [-0.3, -0.25) is 4.79 Å². The quantitative estimate of drug-likeness (QED) is 0.0291. The summed E-state index contributed by atoms with van der Waals surface area (Å²) in [6.45, 7) is 2.68. The Hall–Kier alpha value is -2.05. The van der Waals surface area contributed by atoms with Crippen LogP contribution in [-0.4, -0.2) is 140 Å². The first-order valence-corrected chi connectivity index (χ1v) is 23.9. The lowest BCUT2D eigenvalue weighted by molar-refractivity contribution is -0.359. The van der Waals surface area contributed by atoms with E-state index in [4.69, 9.17) is 18.9 Å². The fraction of sp³-hybridized carbons (Fsp3) is 0.812. The number of nitrogens with one attached hydrogen (secondary N) is 1. The molecule has 0 radical (unpaired) electrons. The van der Waals surface area contributed by atoms with E-state index in [1.807, 2.05) is 6.08 Å². The number of hydrogen-bond donors (Lipinski definition) is 9. The summed E-state index contributed by atoms with van der Waals surface area (Å²) < 4.78 is 22.6. The van der Waals surface area contributed by atoms with Crippen LogP contribution in [0.2, 0.25) is 0 Å². The molecule has 0 spiro atoms. The molecule has 0 saturated carbocycles. The molecule has 14 nitrogen and oxygen atoms in total. The Balaban J connectivity index is 1.91. The number of aliphatic hydroxyl groups is 8. The summed E-state index contributed by atoms with van der Waals surface area (Å²) in [6, 6.07) is -0.937. The number of aliphatic hydroxyl groups excluding tert-OH is 8. The fourth-order valence-electron chi connectivity index (χ4n) is 7.50. The Morgan fingerprint density at radius 2 is 1.10 bits per heavy atom. The van der Waals surface area contributed by atoms with Gasteiger partial charge in [-0.2, -0.15) is 0 Å². The third-order valence-electron chi connectivity index (χ3n) is 11.5. The highest BCUT2D eigenvalue weighted by Gasteiger charge is 2.50. The number of carbonyl (C=O) groups excluding carboxylic acids is 1. The van der Waals surface area contributed by atoms with Gasteiger partial charge in [-0.25, -0.2) is 0 Å². The summed E-state index contributed by atoms with van der Waals surface area (Å²) >= 11 is 0. The average Bonchev–Trinajstić information content (AvgIpc) is 3.27. The topological polar surface area (TPSA) is 228 Å². The Morgan fingerprint density at radius 3 is 1.73 bits per heavy atom. The van der Waals surface area contributed by atoms with E-state index in [0.717, 1.165) is 57.8 Å². The van der Waals surface area contributed by atoms with Gasteiger partial charge in [0.25, 0.3) is 0 Å². The first-order chi connectivity index (χ1) is 30.1. The molecular formula is C48H85NO13. The van der Waals surface area contributed by atoms with Gasteiger partial charge < -0.3 is 65.1 Å². The molecule has 12 atom stereocenters. The van der Waals surface area contributed by atoms with Crippen molar-refractivity contribution in [2.75, 3.05) is 19.8 Å². The van der Waals surface area contributed by atoms with E-state index in [-0.39, 0.29) is 18.9 Å². The maximum Gasteiger partial charge on any atom is 0.220 e. The number of amides is 1. The molecule has 0 bridgehead atoms. The summed E-state index contributed by atoms with van der Waals surface area (Å²) in [5.41, 5.74) is 0. The average molecular weight is 884 g/mol. The molecule has 2 aliphatic heterocycles. The van der Waals surface area contributed by atoms with Crippen molar-refractivity contribution in [2.45, 2.75) is 229 Å². The van der Waals surface area contributed by atoms with Crippen LogP contribution >= 0.6 is 0 Å². The molecule has 0 aromatic rings. The van der Waals surface area contributed by atoms with Gasteiger partial charge in [0.15, 0.2) is 12.6 Å². The molecule has 62 heavy (non-hydrogen) atoms. The van der Waals surface area contributed by atoms with Gasteiger partial charge in [0.2, 0.25) is 5.91 Å². The van der Waals surface area contributed by atoms with Crippen molar-refractivity contribution in [3.8, 4) is 0 Å². The Bertz CT molecular complexity index is 1230. The number of unbranched alkanes of at least 4 members (excludes halogenated alkanes) is 16. The van der Waals surface area contributed by atoms with Crippen molar-refractivity contribution in [3.63, 3.8) is 0 Å². The van der Waals surface area contributed by atoms with E-state index < -0.39 is 86.8 Å². The Morgan fingerprint density at radius 1 is 0.581 bits per heavy atom. The van der Waals surface area contributed by atoms with Crippen LogP contribution in [0, 0.1) is 0 Å². The van der Waals surface area contributed by atoms with Gasteiger partial charge in [-0.05, 0) is 57.8 Å². The zero-order valence-corrected chi connectivity index (χ0v) is 37.8. The first kappa shape index (κ1) is 56.1. The normalized spacial score (nSPS) is 28.2. The predicted molar refractivity (Wildman–Crippen MR) is 240 cm³/mol. The SMILES string of the molecule is CCCC/C=C\C/C=C\CCCCCCCC(=O)NC(COC1OC(CO)C(OC2OC(CO)C(O)C(O)C2O)C(O)C1O)C(O)/C=C/CC/C=C/CCCCCCCCCC. The van der Waals surface area contributed by atoms with Gasteiger partial charge in [-0.15, -0.1) is 0 Å². The fourth-order valence-corrected chi connectivity index (χ4v) is 7.50. The second kappa shape index (κ2) is 35.2. The number of ether oxygens (including phenoxy) is 4. The molecule has 2 fully saturated rings. The lowest BCUT2D eigenvalue weighted by atomic mass is 9.97. The van der Waals surface area contributed by atoms with Gasteiger partial charge in [0, 0.05) is 6.42 Å². The van der Waals surface area contributed by atoms with Crippen molar-refractivity contribution in [2.24, 2.45) is 0 Å². The van der Waals surface area contributed by atoms with Gasteiger partial charge in [-0.1, -0.05) is 140 Å². The minimum absolute atomic E-state index is 0.256. The number of carbonyl (C=O) groups is 1. The molecule has 0 aromatic heterocycles. The van der Waals surface area contributed by atoms with E-state index >= 15 is 0 Å². The molecule has 0 aliphatic carbocycles. The summed E-state index contributed by atoms with van der Waals surface area (Å²) in [7, 11) is 0. The minimum Gasteiger partial charge on any atom is -0.394 e. The molecule has 2 aliphatic rings. The summed E-state index contributed by atoms with van der Waals surface area (Å²) in [5.74, 6) is -0.267. The Kier molecular flexibility index (Phi) is 31.9. The Labute approximate surface area is 372 Å². The smallest absolute Gasteiger partial charge is 0.220 e. The predicted octanol–water partition coefficient (Wildman–Crippen LogP) is 5.32. The summed E-state index contributed by atoms with van der Waals surface area (Å²) in [5, 5.41) is 86.5. The van der Waals surface area contributed by atoms with E-state index in [0.29, 0.717) is 12.8 Å². The number of allylic oxidation sites excluding steroid dienone is 7. The molecule has 1 amide bonds. The van der Waals surface area contributed by atoms with Crippen molar-refractivity contribution in [1.29, 1.82) is 0 Å². The van der Waals surface area contributed by atoms with Gasteiger partial charge >= 0.3 is 0 Å². The van der Waals surface area contributed by atoms with Gasteiger partial charge in [0.1, 0.15) is 48.8 Å². The van der Waals surface area contributed by atoms with E-state index in [1.165, 1.54) is 64.2 Å². The van der Waals surface area contributed by atoms with Gasteiger partial charge in [0.05, 0.1) is 32.0 Å². The standard InChI is InChI=1S/C48H85NO13/c1-3-5-7-9-11-13-15-17-19-21-23-25-27-29-31-37(52)36(49-40(53)32-30-28-26-24-22-20-18-16-14-12-10-8-6-4-2)35-59-47-45(58)43(56)46(39(34-51)61-47)62-48-44(57)42(55)41(54)38(33-50)60-48/h10,12,16,18,21,23,29,31,36-39,41-48,50-52,54-58H,3-9,11,13-15,17,19-20,22,24-28,30,32-35H2,1-2H3,(H,49,53)/b12-10-,18-16-,23-21+,31-29+. The zero-order valence-electron chi connectivity index (χ0n) is 37.8. The molecular weight excluding hydrogens is 799 g/mol. The highest BCUT2D eigenvalue weighted by atomic mass is 16.7. The molecule has 12 unspecified atom stereocenters. The van der Waals surface area contributed by atoms with Crippen LogP contribution in [0.1, 0.15) is 155 Å². The first-order valence-electron chi connectivity index (χ1n) is 23.9. The number of hydrogen-bond acceptors (Lipinski definition) is 13. The maximum atomic E-state index is 13.1. The van der Waals surface area contributed by atoms with E-state index in [2.05, 4.69) is 55.6 Å². The molecule has 360 valence electrons. The lowest BCUT2D eigenvalue weighted by Gasteiger charge is -2.46.